The molecule has 3 heteroatoms. The summed E-state index contributed by atoms with van der Waals surface area (Å²) in [4.78, 5) is 2.49. The molecule has 1 unspecified atom stereocenters. The van der Waals surface area contributed by atoms with E-state index in [1.54, 1.807) is 7.11 Å². The van der Waals surface area contributed by atoms with Gasteiger partial charge in [-0.25, -0.2) is 0 Å². The standard InChI is InChI=1S/C13H30N2O/c1-6-13(7-2)15(4)12(3)11-14-9-8-10-16-5/h12-14H,6-11H2,1-5H3. The van der Waals surface area contributed by atoms with Crippen molar-refractivity contribution < 1.29 is 4.74 Å². The minimum atomic E-state index is 0.604. The van der Waals surface area contributed by atoms with E-state index in [0.717, 1.165) is 32.2 Å². The molecule has 0 aromatic heterocycles. The third-order valence-electron chi connectivity index (χ3n) is 3.36. The van der Waals surface area contributed by atoms with Crippen LogP contribution in [0.4, 0.5) is 0 Å². The van der Waals surface area contributed by atoms with E-state index in [1.807, 2.05) is 0 Å². The highest BCUT2D eigenvalue weighted by molar-refractivity contribution is 4.73. The summed E-state index contributed by atoms with van der Waals surface area (Å²) in [5, 5.41) is 3.48. The SMILES string of the molecule is CCC(CC)N(C)C(C)CNCCCOC. The molecule has 0 aliphatic heterocycles. The van der Waals surface area contributed by atoms with Gasteiger partial charge in [-0.3, -0.25) is 4.90 Å². The molecule has 0 heterocycles. The van der Waals surface area contributed by atoms with Gasteiger partial charge in [0.25, 0.3) is 0 Å². The average Bonchev–Trinajstić information content (AvgIpc) is 2.30. The highest BCUT2D eigenvalue weighted by Gasteiger charge is 2.15. The van der Waals surface area contributed by atoms with Crippen molar-refractivity contribution in [1.29, 1.82) is 0 Å². The van der Waals surface area contributed by atoms with E-state index in [9.17, 15) is 0 Å². The first-order chi connectivity index (χ1) is 7.67. The molecule has 0 aliphatic rings. The highest BCUT2D eigenvalue weighted by Crippen LogP contribution is 2.09. The summed E-state index contributed by atoms with van der Waals surface area (Å²) in [7, 11) is 3.99. The first-order valence-corrected chi connectivity index (χ1v) is 6.58. The van der Waals surface area contributed by atoms with Crippen LogP contribution in [0.25, 0.3) is 0 Å². The fourth-order valence-corrected chi connectivity index (χ4v) is 2.02. The Labute approximate surface area is 102 Å². The molecule has 0 saturated heterocycles. The first kappa shape index (κ1) is 15.9. The Morgan fingerprint density at radius 3 is 2.38 bits per heavy atom. The van der Waals surface area contributed by atoms with Crippen molar-refractivity contribution in [3.05, 3.63) is 0 Å². The topological polar surface area (TPSA) is 24.5 Å². The van der Waals surface area contributed by atoms with Crippen LogP contribution in [0.15, 0.2) is 0 Å². The van der Waals surface area contributed by atoms with Crippen molar-refractivity contribution in [1.82, 2.24) is 10.2 Å². The number of methoxy groups -OCH3 is 1. The van der Waals surface area contributed by atoms with E-state index < -0.39 is 0 Å². The number of ether oxygens (including phenoxy) is 1. The quantitative estimate of drug-likeness (QED) is 0.582. The largest absolute Gasteiger partial charge is 0.385 e. The zero-order valence-corrected chi connectivity index (χ0v) is 11.8. The average molecular weight is 230 g/mol. The predicted molar refractivity (Wildman–Crippen MR) is 71.0 cm³/mol. The fraction of sp³-hybridized carbons (Fsp3) is 1.00. The molecule has 0 fully saturated rings. The van der Waals surface area contributed by atoms with Gasteiger partial charge in [0.2, 0.25) is 0 Å². The van der Waals surface area contributed by atoms with Crippen LogP contribution in [0.5, 0.6) is 0 Å². The lowest BCUT2D eigenvalue weighted by Gasteiger charge is -2.32. The van der Waals surface area contributed by atoms with Crippen LogP contribution in [0, 0.1) is 0 Å². The Morgan fingerprint density at radius 1 is 1.25 bits per heavy atom. The molecule has 0 aliphatic carbocycles. The maximum Gasteiger partial charge on any atom is 0.0474 e. The van der Waals surface area contributed by atoms with Crippen LogP contribution in [-0.2, 0) is 4.74 Å². The normalized spacial score (nSPS) is 13.7. The smallest absolute Gasteiger partial charge is 0.0474 e. The molecular formula is C13H30N2O. The minimum absolute atomic E-state index is 0.604. The van der Waals surface area contributed by atoms with Crippen molar-refractivity contribution >= 4 is 0 Å². The molecule has 0 aromatic carbocycles. The van der Waals surface area contributed by atoms with Gasteiger partial charge in [-0.05, 0) is 39.8 Å². The minimum Gasteiger partial charge on any atom is -0.385 e. The number of hydrogen-bond donors (Lipinski definition) is 1. The van der Waals surface area contributed by atoms with Crippen molar-refractivity contribution in [2.75, 3.05) is 33.9 Å². The van der Waals surface area contributed by atoms with Crippen molar-refractivity contribution in [3.63, 3.8) is 0 Å². The summed E-state index contributed by atoms with van der Waals surface area (Å²) in [5.74, 6) is 0. The van der Waals surface area contributed by atoms with Crippen LogP contribution in [0.1, 0.15) is 40.0 Å². The third kappa shape index (κ3) is 6.46. The van der Waals surface area contributed by atoms with Crippen LogP contribution in [0.3, 0.4) is 0 Å². The molecule has 0 saturated carbocycles. The molecule has 0 spiro atoms. The summed E-state index contributed by atoms with van der Waals surface area (Å²) < 4.78 is 5.02. The lowest BCUT2D eigenvalue weighted by molar-refractivity contribution is 0.167. The Hall–Kier alpha value is -0.120. The first-order valence-electron chi connectivity index (χ1n) is 6.58. The number of nitrogens with one attached hydrogen (secondary N) is 1. The molecular weight excluding hydrogens is 200 g/mol. The molecule has 3 nitrogen and oxygen atoms in total. The molecule has 1 atom stereocenters. The second kappa shape index (κ2) is 10.1. The highest BCUT2D eigenvalue weighted by atomic mass is 16.5. The zero-order valence-electron chi connectivity index (χ0n) is 11.8. The summed E-state index contributed by atoms with van der Waals surface area (Å²) in [6, 6.07) is 1.32. The number of likely N-dealkylation sites (N-methyl/N-ethyl adjacent to an activating group) is 1. The molecule has 0 rings (SSSR count). The second-order valence-electron chi connectivity index (χ2n) is 4.54. The molecule has 1 N–H and O–H groups in total. The summed E-state index contributed by atoms with van der Waals surface area (Å²) in [5.41, 5.74) is 0. The zero-order chi connectivity index (χ0) is 12.4. The van der Waals surface area contributed by atoms with Crippen LogP contribution < -0.4 is 5.32 Å². The molecule has 0 bridgehead atoms. The molecule has 0 radical (unpaired) electrons. The fourth-order valence-electron chi connectivity index (χ4n) is 2.02. The van der Waals surface area contributed by atoms with Gasteiger partial charge >= 0.3 is 0 Å². The van der Waals surface area contributed by atoms with Crippen molar-refractivity contribution in [3.8, 4) is 0 Å². The van der Waals surface area contributed by atoms with Gasteiger partial charge < -0.3 is 10.1 Å². The molecule has 0 aromatic rings. The van der Waals surface area contributed by atoms with Crippen molar-refractivity contribution in [2.45, 2.75) is 52.1 Å². The lowest BCUT2D eigenvalue weighted by Crippen LogP contribution is -2.43. The van der Waals surface area contributed by atoms with E-state index in [2.05, 4.69) is 38.0 Å². The Kier molecular flexibility index (Phi) is 9.99. The van der Waals surface area contributed by atoms with Crippen molar-refractivity contribution in [2.24, 2.45) is 0 Å². The summed E-state index contributed by atoms with van der Waals surface area (Å²) >= 11 is 0. The molecule has 0 amide bonds. The van der Waals surface area contributed by atoms with Crippen LogP contribution >= 0.6 is 0 Å². The van der Waals surface area contributed by atoms with Crippen LogP contribution in [-0.4, -0.2) is 50.8 Å². The summed E-state index contributed by atoms with van der Waals surface area (Å²) in [6.07, 6.45) is 3.57. The maximum atomic E-state index is 5.02. The Balaban J connectivity index is 3.65. The van der Waals surface area contributed by atoms with Gasteiger partial charge in [0.15, 0.2) is 0 Å². The van der Waals surface area contributed by atoms with E-state index in [-0.39, 0.29) is 0 Å². The van der Waals surface area contributed by atoms with E-state index in [0.29, 0.717) is 6.04 Å². The van der Waals surface area contributed by atoms with Crippen LogP contribution in [0.2, 0.25) is 0 Å². The number of nitrogens with zero attached hydrogens (tertiary/aromatic N) is 1. The Morgan fingerprint density at radius 2 is 1.88 bits per heavy atom. The maximum absolute atomic E-state index is 5.02. The van der Waals surface area contributed by atoms with Gasteiger partial charge in [0.05, 0.1) is 0 Å². The van der Waals surface area contributed by atoms with Gasteiger partial charge in [0, 0.05) is 32.3 Å². The number of hydrogen-bond acceptors (Lipinski definition) is 3. The predicted octanol–water partition coefficient (Wildman–Crippen LogP) is 2.12. The van der Waals surface area contributed by atoms with Gasteiger partial charge in [0.1, 0.15) is 0 Å². The number of rotatable bonds is 10. The lowest BCUT2D eigenvalue weighted by atomic mass is 10.1. The van der Waals surface area contributed by atoms with E-state index in [1.165, 1.54) is 12.8 Å². The second-order valence-corrected chi connectivity index (χ2v) is 4.54. The third-order valence-corrected chi connectivity index (χ3v) is 3.36. The van der Waals surface area contributed by atoms with E-state index in [4.69, 9.17) is 4.74 Å². The van der Waals surface area contributed by atoms with Gasteiger partial charge in [-0.1, -0.05) is 13.8 Å². The van der Waals surface area contributed by atoms with Gasteiger partial charge in [-0.2, -0.15) is 0 Å². The monoisotopic (exact) mass is 230 g/mol. The van der Waals surface area contributed by atoms with Gasteiger partial charge in [-0.15, -0.1) is 0 Å². The Bertz CT molecular complexity index is 149. The van der Waals surface area contributed by atoms with E-state index >= 15 is 0 Å². The molecule has 98 valence electrons. The summed E-state index contributed by atoms with van der Waals surface area (Å²) in [6.45, 7) is 9.80. The molecule has 16 heavy (non-hydrogen) atoms.